The van der Waals surface area contributed by atoms with Gasteiger partial charge in [0.25, 0.3) is 17.4 Å². The molecule has 0 aliphatic carbocycles. The van der Waals surface area contributed by atoms with Crippen molar-refractivity contribution in [2.45, 2.75) is 6.92 Å². The van der Waals surface area contributed by atoms with Gasteiger partial charge in [0.15, 0.2) is 0 Å². The fourth-order valence-corrected chi connectivity index (χ4v) is 4.23. The van der Waals surface area contributed by atoms with E-state index in [-0.39, 0.29) is 17.4 Å². The quantitative estimate of drug-likeness (QED) is 0.622. The van der Waals surface area contributed by atoms with Crippen LogP contribution in [0.25, 0.3) is 11.3 Å². The Labute approximate surface area is 195 Å². The van der Waals surface area contributed by atoms with Crippen LogP contribution >= 0.6 is 23.2 Å². The lowest BCUT2D eigenvalue weighted by Crippen LogP contribution is -2.51. The van der Waals surface area contributed by atoms with Crippen LogP contribution in [-0.4, -0.2) is 52.8 Å². The van der Waals surface area contributed by atoms with Crippen LogP contribution < -0.4 is 5.56 Å². The minimum absolute atomic E-state index is 0.0851. The second-order valence-corrected chi connectivity index (χ2v) is 8.54. The summed E-state index contributed by atoms with van der Waals surface area (Å²) in [6, 6.07) is 15.8. The normalized spacial score (nSPS) is 13.8. The molecule has 2 aromatic carbocycles. The predicted molar refractivity (Wildman–Crippen MR) is 126 cm³/mol. The summed E-state index contributed by atoms with van der Waals surface area (Å²) in [5, 5.41) is 0.752. The van der Waals surface area contributed by atoms with E-state index in [1.165, 1.54) is 6.07 Å². The topological polar surface area (TPSA) is 73.5 Å². The number of amides is 2. The Kier molecular flexibility index (Phi) is 6.35. The molecule has 2 heterocycles. The van der Waals surface area contributed by atoms with Crippen LogP contribution in [0.2, 0.25) is 10.0 Å². The zero-order valence-electron chi connectivity index (χ0n) is 17.4. The molecule has 0 unspecified atom stereocenters. The van der Waals surface area contributed by atoms with Crippen molar-refractivity contribution in [2.24, 2.45) is 0 Å². The van der Waals surface area contributed by atoms with Crippen LogP contribution in [-0.2, 0) is 0 Å². The molecule has 0 spiro atoms. The number of H-pyrrole nitrogens is 1. The van der Waals surface area contributed by atoms with Gasteiger partial charge in [0, 0.05) is 36.9 Å². The van der Waals surface area contributed by atoms with E-state index in [1.54, 1.807) is 34.1 Å². The first-order valence-electron chi connectivity index (χ1n) is 10.2. The van der Waals surface area contributed by atoms with Crippen LogP contribution in [0.3, 0.4) is 0 Å². The van der Waals surface area contributed by atoms with Gasteiger partial charge in [0.2, 0.25) is 0 Å². The number of carbonyl (C=O) groups is 2. The lowest BCUT2D eigenvalue weighted by Gasteiger charge is -2.34. The Balaban J connectivity index is 1.44. The first-order valence-corrected chi connectivity index (χ1v) is 10.9. The molecule has 0 saturated carbocycles. The maximum atomic E-state index is 12.9. The third kappa shape index (κ3) is 4.56. The Morgan fingerprint density at radius 3 is 2.06 bits per heavy atom. The number of halogens is 2. The highest BCUT2D eigenvalue weighted by molar-refractivity contribution is 6.36. The molecule has 0 radical (unpaired) electrons. The third-order valence-corrected chi connectivity index (χ3v) is 6.03. The second kappa shape index (κ2) is 9.18. The van der Waals surface area contributed by atoms with Crippen molar-refractivity contribution < 1.29 is 9.59 Å². The summed E-state index contributed by atoms with van der Waals surface area (Å²) in [5.41, 5.74) is 2.65. The van der Waals surface area contributed by atoms with Gasteiger partial charge in [-0.25, -0.2) is 0 Å². The summed E-state index contributed by atoms with van der Waals surface area (Å²) in [6.45, 7) is 3.33. The van der Waals surface area contributed by atoms with Crippen LogP contribution in [0, 0.1) is 6.92 Å². The fraction of sp³-hybridized carbons (Fsp3) is 0.208. The van der Waals surface area contributed by atoms with Crippen molar-refractivity contribution in [3.8, 4) is 11.3 Å². The number of hydrogen-bond acceptors (Lipinski definition) is 3. The molecule has 8 heteroatoms. The number of aromatic nitrogens is 1. The van der Waals surface area contributed by atoms with Crippen molar-refractivity contribution >= 4 is 35.0 Å². The number of hydrogen-bond donors (Lipinski definition) is 1. The van der Waals surface area contributed by atoms with Crippen molar-refractivity contribution in [3.05, 3.63) is 91.7 Å². The highest BCUT2D eigenvalue weighted by Crippen LogP contribution is 2.23. The number of nitrogens with one attached hydrogen (secondary N) is 1. The number of carbonyl (C=O) groups excluding carboxylic acids is 2. The van der Waals surface area contributed by atoms with Gasteiger partial charge in [-0.2, -0.15) is 0 Å². The van der Waals surface area contributed by atoms with Gasteiger partial charge in [-0.1, -0.05) is 47.0 Å². The van der Waals surface area contributed by atoms with E-state index in [1.807, 2.05) is 31.2 Å². The molecule has 1 fully saturated rings. The molecule has 1 saturated heterocycles. The first-order chi connectivity index (χ1) is 15.3. The monoisotopic (exact) mass is 469 g/mol. The second-order valence-electron chi connectivity index (χ2n) is 7.69. The molecular weight excluding hydrogens is 449 g/mol. The van der Waals surface area contributed by atoms with E-state index in [9.17, 15) is 14.4 Å². The van der Waals surface area contributed by atoms with E-state index in [0.29, 0.717) is 47.5 Å². The van der Waals surface area contributed by atoms with Crippen molar-refractivity contribution in [1.82, 2.24) is 14.8 Å². The van der Waals surface area contributed by atoms with Gasteiger partial charge in [-0.05, 0) is 48.9 Å². The lowest BCUT2D eigenvalue weighted by atomic mass is 10.1. The number of rotatable bonds is 3. The molecule has 0 atom stereocenters. The molecule has 1 N–H and O–H groups in total. The molecule has 164 valence electrons. The molecular formula is C24H21Cl2N3O3. The van der Waals surface area contributed by atoms with Gasteiger partial charge in [0.1, 0.15) is 5.56 Å². The highest BCUT2D eigenvalue weighted by Gasteiger charge is 2.27. The largest absolute Gasteiger partial charge is 0.335 e. The molecule has 0 bridgehead atoms. The van der Waals surface area contributed by atoms with E-state index >= 15 is 0 Å². The summed E-state index contributed by atoms with van der Waals surface area (Å²) in [7, 11) is 0. The van der Waals surface area contributed by atoms with Crippen molar-refractivity contribution in [3.63, 3.8) is 0 Å². The minimum atomic E-state index is -0.430. The van der Waals surface area contributed by atoms with Crippen LogP contribution in [0.1, 0.15) is 26.3 Å². The number of nitrogens with zero attached hydrogens (tertiary/aromatic N) is 2. The number of benzene rings is 2. The van der Waals surface area contributed by atoms with Crippen LogP contribution in [0.4, 0.5) is 0 Å². The maximum Gasteiger partial charge on any atom is 0.261 e. The van der Waals surface area contributed by atoms with Crippen molar-refractivity contribution in [2.75, 3.05) is 26.2 Å². The average Bonchev–Trinajstić information content (AvgIpc) is 2.78. The molecule has 1 aromatic heterocycles. The van der Waals surface area contributed by atoms with Gasteiger partial charge < -0.3 is 14.8 Å². The summed E-state index contributed by atoms with van der Waals surface area (Å²) in [6.07, 6.45) is 0. The van der Waals surface area contributed by atoms with Crippen molar-refractivity contribution in [1.29, 1.82) is 0 Å². The number of pyridine rings is 1. The van der Waals surface area contributed by atoms with Gasteiger partial charge in [0.05, 0.1) is 10.6 Å². The predicted octanol–water partition coefficient (Wildman–Crippen LogP) is 4.26. The lowest BCUT2D eigenvalue weighted by molar-refractivity contribution is 0.0534. The van der Waals surface area contributed by atoms with Gasteiger partial charge in [-0.15, -0.1) is 0 Å². The third-order valence-electron chi connectivity index (χ3n) is 5.48. The van der Waals surface area contributed by atoms with E-state index in [4.69, 9.17) is 23.2 Å². The Bertz CT molecular complexity index is 1250. The molecule has 3 aromatic rings. The maximum absolute atomic E-state index is 12.9. The number of aryl methyl sites for hydroxylation is 1. The molecule has 4 rings (SSSR count). The minimum Gasteiger partial charge on any atom is -0.335 e. The Morgan fingerprint density at radius 2 is 1.47 bits per heavy atom. The molecule has 6 nitrogen and oxygen atoms in total. The number of aromatic amines is 1. The number of piperazine rings is 1. The van der Waals surface area contributed by atoms with E-state index in [2.05, 4.69) is 4.98 Å². The summed E-state index contributed by atoms with van der Waals surface area (Å²) >= 11 is 12.1. The standard InChI is InChI=1S/C24H21Cl2N3O3/c1-15-3-2-4-16(13-15)21-8-7-19(22(30)27-21)24(32)29-11-9-28(10-12-29)23(31)18-6-5-17(25)14-20(18)26/h2-8,13-14H,9-12H2,1H3,(H,27,30). The van der Waals surface area contributed by atoms with Crippen LogP contribution in [0.15, 0.2) is 59.4 Å². The zero-order chi connectivity index (χ0) is 22.8. The molecule has 1 aliphatic rings. The zero-order valence-corrected chi connectivity index (χ0v) is 18.9. The highest BCUT2D eigenvalue weighted by atomic mass is 35.5. The first kappa shape index (κ1) is 22.1. The van der Waals surface area contributed by atoms with E-state index < -0.39 is 5.56 Å². The van der Waals surface area contributed by atoms with Gasteiger partial charge >= 0.3 is 0 Å². The average molecular weight is 470 g/mol. The fourth-order valence-electron chi connectivity index (χ4n) is 3.74. The molecule has 1 aliphatic heterocycles. The van der Waals surface area contributed by atoms with E-state index in [0.717, 1.165) is 11.1 Å². The summed E-state index contributed by atoms with van der Waals surface area (Å²) in [4.78, 5) is 44.3. The summed E-state index contributed by atoms with van der Waals surface area (Å²) in [5.74, 6) is -0.558. The van der Waals surface area contributed by atoms with Crippen LogP contribution in [0.5, 0.6) is 0 Å². The molecule has 2 amide bonds. The SMILES string of the molecule is Cc1cccc(-c2ccc(C(=O)N3CCN(C(=O)c4ccc(Cl)cc4Cl)CC3)c(=O)[nH]2)c1. The Morgan fingerprint density at radius 1 is 0.844 bits per heavy atom. The smallest absolute Gasteiger partial charge is 0.261 e. The molecule has 32 heavy (non-hydrogen) atoms. The van der Waals surface area contributed by atoms with Gasteiger partial charge in [-0.3, -0.25) is 14.4 Å². The summed E-state index contributed by atoms with van der Waals surface area (Å²) < 4.78 is 0. The Hall–Kier alpha value is -3.09.